The normalized spacial score (nSPS) is 11.9. The van der Waals surface area contributed by atoms with E-state index in [1.807, 2.05) is 13.8 Å². The number of urea groups is 1. The fourth-order valence-corrected chi connectivity index (χ4v) is 2.56. The van der Waals surface area contributed by atoms with Crippen LogP contribution in [0.3, 0.4) is 0 Å². The van der Waals surface area contributed by atoms with E-state index in [0.29, 0.717) is 10.8 Å². The van der Waals surface area contributed by atoms with Gasteiger partial charge in [0.15, 0.2) is 6.73 Å². The second kappa shape index (κ2) is 7.03. The van der Waals surface area contributed by atoms with Gasteiger partial charge in [-0.25, -0.2) is 4.79 Å². The molecular formula is C16H25ClN2O2. The molecular weight excluding hydrogens is 288 g/mol. The highest BCUT2D eigenvalue weighted by molar-refractivity contribution is 6.30. The van der Waals surface area contributed by atoms with Crippen LogP contribution in [0.25, 0.3) is 0 Å². The second-order valence-corrected chi connectivity index (χ2v) is 7.43. The molecule has 0 aliphatic rings. The first-order valence-electron chi connectivity index (χ1n) is 7.02. The van der Waals surface area contributed by atoms with Crippen LogP contribution in [0.5, 0.6) is 5.75 Å². The molecule has 1 aromatic carbocycles. The molecule has 0 unspecified atom stereocenters. The molecule has 0 fully saturated rings. The number of halogens is 1. The third-order valence-electron chi connectivity index (χ3n) is 2.71. The van der Waals surface area contributed by atoms with Crippen molar-refractivity contribution >= 4 is 17.6 Å². The first-order valence-corrected chi connectivity index (χ1v) is 7.40. The van der Waals surface area contributed by atoms with Gasteiger partial charge < -0.3 is 15.4 Å². The standard InChI is InChI=1S/C16H25ClN2O2/c1-15(2,3)10-16(4,5)19-14(20)18-11-21-13-8-6-12(17)7-9-13/h6-9H,10-11H2,1-5H3,(H2,18,19,20). The number of nitrogens with one attached hydrogen (secondary N) is 2. The van der Waals surface area contributed by atoms with E-state index in [4.69, 9.17) is 16.3 Å². The Hall–Kier alpha value is -1.42. The van der Waals surface area contributed by atoms with Crippen molar-refractivity contribution in [1.29, 1.82) is 0 Å². The highest BCUT2D eigenvalue weighted by Crippen LogP contribution is 2.26. The van der Waals surface area contributed by atoms with Crippen molar-refractivity contribution < 1.29 is 9.53 Å². The first-order chi connectivity index (χ1) is 9.57. The van der Waals surface area contributed by atoms with Crippen LogP contribution in [-0.2, 0) is 0 Å². The zero-order valence-corrected chi connectivity index (χ0v) is 14.2. The van der Waals surface area contributed by atoms with Crippen LogP contribution in [-0.4, -0.2) is 18.3 Å². The van der Waals surface area contributed by atoms with Gasteiger partial charge in [0, 0.05) is 10.6 Å². The molecule has 5 heteroatoms. The predicted octanol–water partition coefficient (Wildman–Crippen LogP) is 4.19. The summed E-state index contributed by atoms with van der Waals surface area (Å²) in [6.07, 6.45) is 0.880. The molecule has 0 heterocycles. The summed E-state index contributed by atoms with van der Waals surface area (Å²) in [5, 5.41) is 6.29. The van der Waals surface area contributed by atoms with Gasteiger partial charge in [0.1, 0.15) is 5.75 Å². The molecule has 0 atom stereocenters. The topological polar surface area (TPSA) is 50.4 Å². The Balaban J connectivity index is 2.35. The lowest BCUT2D eigenvalue weighted by Crippen LogP contribution is -2.50. The molecule has 4 nitrogen and oxygen atoms in total. The van der Waals surface area contributed by atoms with Crippen LogP contribution in [0.2, 0.25) is 5.02 Å². The van der Waals surface area contributed by atoms with Gasteiger partial charge in [0.2, 0.25) is 0 Å². The van der Waals surface area contributed by atoms with Crippen molar-refractivity contribution in [2.24, 2.45) is 5.41 Å². The van der Waals surface area contributed by atoms with Gasteiger partial charge in [0.05, 0.1) is 0 Å². The van der Waals surface area contributed by atoms with Crippen molar-refractivity contribution in [3.63, 3.8) is 0 Å². The molecule has 21 heavy (non-hydrogen) atoms. The van der Waals surface area contributed by atoms with E-state index in [9.17, 15) is 4.79 Å². The van der Waals surface area contributed by atoms with Gasteiger partial charge in [0.25, 0.3) is 0 Å². The number of ether oxygens (including phenoxy) is 1. The SMILES string of the molecule is CC(C)(C)CC(C)(C)NC(=O)NCOc1ccc(Cl)cc1. The van der Waals surface area contributed by atoms with E-state index in [2.05, 4.69) is 31.4 Å². The zero-order chi connectivity index (χ0) is 16.1. The summed E-state index contributed by atoms with van der Waals surface area (Å²) in [5.74, 6) is 0.661. The van der Waals surface area contributed by atoms with E-state index in [0.717, 1.165) is 6.42 Å². The van der Waals surface area contributed by atoms with Crippen LogP contribution in [0.4, 0.5) is 4.79 Å². The van der Waals surface area contributed by atoms with E-state index in [-0.39, 0.29) is 23.7 Å². The summed E-state index contributed by atoms with van der Waals surface area (Å²) in [6.45, 7) is 10.6. The summed E-state index contributed by atoms with van der Waals surface area (Å²) in [7, 11) is 0. The average Bonchev–Trinajstić information content (AvgIpc) is 2.27. The van der Waals surface area contributed by atoms with E-state index >= 15 is 0 Å². The summed E-state index contributed by atoms with van der Waals surface area (Å²) in [5.41, 5.74) is -0.126. The highest BCUT2D eigenvalue weighted by Gasteiger charge is 2.26. The maximum Gasteiger partial charge on any atom is 0.317 e. The molecule has 1 aromatic rings. The monoisotopic (exact) mass is 312 g/mol. The van der Waals surface area contributed by atoms with Crippen molar-refractivity contribution in [1.82, 2.24) is 10.6 Å². The Morgan fingerprint density at radius 2 is 1.71 bits per heavy atom. The molecule has 118 valence electrons. The molecule has 0 spiro atoms. The van der Waals surface area contributed by atoms with Crippen LogP contribution in [0.1, 0.15) is 41.0 Å². The van der Waals surface area contributed by atoms with Crippen molar-refractivity contribution in [2.75, 3.05) is 6.73 Å². The predicted molar refractivity (Wildman–Crippen MR) is 86.8 cm³/mol. The Labute approximate surface area is 132 Å². The number of benzene rings is 1. The summed E-state index contributed by atoms with van der Waals surface area (Å²) in [6, 6.07) is 6.75. The largest absolute Gasteiger partial charge is 0.473 e. The van der Waals surface area contributed by atoms with Gasteiger partial charge in [-0.05, 0) is 49.9 Å². The van der Waals surface area contributed by atoms with Crippen LogP contribution in [0, 0.1) is 5.41 Å². The van der Waals surface area contributed by atoms with Gasteiger partial charge >= 0.3 is 6.03 Å². The molecule has 0 aromatic heterocycles. The van der Waals surface area contributed by atoms with Crippen LogP contribution in [0.15, 0.2) is 24.3 Å². The Bertz CT molecular complexity index is 464. The molecule has 2 N–H and O–H groups in total. The van der Waals surface area contributed by atoms with Crippen LogP contribution < -0.4 is 15.4 Å². The lowest BCUT2D eigenvalue weighted by Gasteiger charge is -2.33. The van der Waals surface area contributed by atoms with Gasteiger partial charge in [-0.15, -0.1) is 0 Å². The minimum Gasteiger partial charge on any atom is -0.473 e. The number of amides is 2. The molecule has 0 radical (unpaired) electrons. The van der Waals surface area contributed by atoms with Crippen molar-refractivity contribution in [3.8, 4) is 5.75 Å². The number of carbonyl (C=O) groups excluding carboxylic acids is 1. The lowest BCUT2D eigenvalue weighted by molar-refractivity contribution is 0.199. The average molecular weight is 313 g/mol. The third-order valence-corrected chi connectivity index (χ3v) is 2.96. The number of carbonyl (C=O) groups is 1. The Morgan fingerprint density at radius 3 is 2.24 bits per heavy atom. The maximum absolute atomic E-state index is 11.9. The lowest BCUT2D eigenvalue weighted by atomic mass is 9.82. The zero-order valence-electron chi connectivity index (χ0n) is 13.4. The molecule has 0 bridgehead atoms. The van der Waals surface area contributed by atoms with Gasteiger partial charge in [-0.1, -0.05) is 32.4 Å². The number of hydrogen-bond acceptors (Lipinski definition) is 2. The van der Waals surface area contributed by atoms with E-state index < -0.39 is 0 Å². The van der Waals surface area contributed by atoms with Gasteiger partial charge in [-0.2, -0.15) is 0 Å². The summed E-state index contributed by atoms with van der Waals surface area (Å²) < 4.78 is 5.42. The molecule has 0 saturated heterocycles. The molecule has 1 rings (SSSR count). The summed E-state index contributed by atoms with van der Waals surface area (Å²) in [4.78, 5) is 11.9. The fraction of sp³-hybridized carbons (Fsp3) is 0.562. The number of hydrogen-bond donors (Lipinski definition) is 2. The van der Waals surface area contributed by atoms with E-state index in [1.54, 1.807) is 24.3 Å². The molecule has 0 saturated carbocycles. The smallest absolute Gasteiger partial charge is 0.317 e. The quantitative estimate of drug-likeness (QED) is 0.801. The maximum atomic E-state index is 11.9. The second-order valence-electron chi connectivity index (χ2n) is 6.99. The molecule has 0 aliphatic carbocycles. The molecule has 0 aliphatic heterocycles. The highest BCUT2D eigenvalue weighted by atomic mass is 35.5. The van der Waals surface area contributed by atoms with Crippen LogP contribution >= 0.6 is 11.6 Å². The van der Waals surface area contributed by atoms with Gasteiger partial charge in [-0.3, -0.25) is 0 Å². The van der Waals surface area contributed by atoms with E-state index in [1.165, 1.54) is 0 Å². The fourth-order valence-electron chi connectivity index (χ4n) is 2.44. The Kier molecular flexibility index (Phi) is 5.90. The minimum absolute atomic E-state index is 0.110. The number of rotatable bonds is 5. The Morgan fingerprint density at radius 1 is 1.14 bits per heavy atom. The van der Waals surface area contributed by atoms with Crippen molar-refractivity contribution in [3.05, 3.63) is 29.3 Å². The summed E-state index contributed by atoms with van der Waals surface area (Å²) >= 11 is 5.79. The minimum atomic E-state index is -0.275. The third kappa shape index (κ3) is 7.81. The molecule has 2 amide bonds. The first kappa shape index (κ1) is 17.6. The van der Waals surface area contributed by atoms with Crippen molar-refractivity contribution in [2.45, 2.75) is 46.6 Å².